The minimum absolute atomic E-state index is 0.0000774. The van der Waals surface area contributed by atoms with Crippen LogP contribution in [0, 0.1) is 0 Å². The van der Waals surface area contributed by atoms with E-state index in [9.17, 15) is 28.0 Å². The van der Waals surface area contributed by atoms with E-state index in [4.69, 9.17) is 5.73 Å². The molecule has 0 radical (unpaired) electrons. The quantitative estimate of drug-likeness (QED) is 0.273. The summed E-state index contributed by atoms with van der Waals surface area (Å²) in [5.74, 6) is -2.18. The highest BCUT2D eigenvalue weighted by Gasteiger charge is 2.43. The summed E-state index contributed by atoms with van der Waals surface area (Å²) >= 11 is 0. The summed E-state index contributed by atoms with van der Waals surface area (Å²) in [6.45, 7) is 2.98. The maximum atomic E-state index is 14.1. The van der Waals surface area contributed by atoms with Crippen LogP contribution in [0.3, 0.4) is 0 Å². The van der Waals surface area contributed by atoms with Crippen molar-refractivity contribution in [2.75, 3.05) is 37.4 Å². The number of alkyl halides is 3. The Morgan fingerprint density at radius 3 is 2.76 bits per heavy atom. The van der Waals surface area contributed by atoms with Crippen molar-refractivity contribution in [2.24, 2.45) is 5.73 Å². The molecular formula is C25H32F3N6O3P. The molecule has 38 heavy (non-hydrogen) atoms. The van der Waals surface area contributed by atoms with Gasteiger partial charge in [-0.1, -0.05) is 6.07 Å². The molecule has 4 atom stereocenters. The average Bonchev–Trinajstić information content (AvgIpc) is 3.47. The fraction of sp³-hybridized carbons (Fsp3) is 0.520. The first-order valence-electron chi connectivity index (χ1n) is 12.5. The number of carboxylic acids is 1. The number of anilines is 2. The zero-order chi connectivity index (χ0) is 27.6. The summed E-state index contributed by atoms with van der Waals surface area (Å²) in [5, 5.41) is 15.4. The number of rotatable bonds is 9. The number of benzene rings is 1. The van der Waals surface area contributed by atoms with Gasteiger partial charge in [0.25, 0.3) is 0 Å². The Hall–Kier alpha value is -2.79. The third-order valence-electron chi connectivity index (χ3n) is 7.21. The number of fused-ring (bicyclic) bond motifs is 1. The predicted molar refractivity (Wildman–Crippen MR) is 140 cm³/mol. The molecule has 2 heterocycles. The Kier molecular flexibility index (Phi) is 8.56. The summed E-state index contributed by atoms with van der Waals surface area (Å²) in [6, 6.07) is 4.43. The van der Waals surface area contributed by atoms with Gasteiger partial charge in [-0.2, -0.15) is 13.2 Å². The Morgan fingerprint density at radius 1 is 1.34 bits per heavy atom. The molecule has 1 fully saturated rings. The van der Waals surface area contributed by atoms with Crippen LogP contribution in [-0.4, -0.2) is 70.2 Å². The van der Waals surface area contributed by atoms with Gasteiger partial charge in [-0.25, -0.2) is 14.8 Å². The third kappa shape index (κ3) is 6.09. The van der Waals surface area contributed by atoms with Gasteiger partial charge in [0.2, 0.25) is 5.95 Å². The van der Waals surface area contributed by atoms with Crippen molar-refractivity contribution in [3.05, 3.63) is 46.8 Å². The fourth-order valence-electron chi connectivity index (χ4n) is 5.21. The molecule has 1 aliphatic heterocycles. The molecule has 0 amide bonds. The van der Waals surface area contributed by atoms with Crippen molar-refractivity contribution in [2.45, 2.75) is 56.3 Å². The molecule has 2 aromatic rings. The highest BCUT2D eigenvalue weighted by Crippen LogP contribution is 2.45. The van der Waals surface area contributed by atoms with Crippen LogP contribution in [0.25, 0.3) is 0 Å². The number of nitrogens with two attached hydrogens (primary N) is 1. The number of hydrogen-bond acceptors (Lipinski definition) is 7. The lowest BCUT2D eigenvalue weighted by molar-refractivity contribution is -0.151. The fourth-order valence-corrected chi connectivity index (χ4v) is 6.11. The summed E-state index contributed by atoms with van der Waals surface area (Å²) in [7, 11) is -0.0107. The second-order valence-corrected chi connectivity index (χ2v) is 11.3. The van der Waals surface area contributed by atoms with Crippen molar-refractivity contribution < 1.29 is 28.0 Å². The molecule has 206 valence electrons. The average molecular weight is 553 g/mol. The zero-order valence-corrected chi connectivity index (χ0v) is 22.1. The predicted octanol–water partition coefficient (Wildman–Crippen LogP) is 3.27. The van der Waals surface area contributed by atoms with E-state index in [-0.39, 0.29) is 28.7 Å². The van der Waals surface area contributed by atoms with Crippen LogP contribution >= 0.6 is 7.77 Å². The molecule has 9 nitrogen and oxygen atoms in total. The Bertz CT molecular complexity index is 1220. The molecule has 1 aliphatic carbocycles. The molecule has 2 aliphatic rings. The van der Waals surface area contributed by atoms with Gasteiger partial charge in [0, 0.05) is 24.0 Å². The van der Waals surface area contributed by atoms with Gasteiger partial charge >= 0.3 is 12.1 Å². The van der Waals surface area contributed by atoms with E-state index in [2.05, 4.69) is 32.5 Å². The Morgan fingerprint density at radius 2 is 2.11 bits per heavy atom. The molecule has 1 saturated carbocycles. The SMILES string of the molecule is CN(CCCCN)[C@H]1CC[C@H](Nc2ncc(C(F)(F)F)c(C3/C(=[P+](/C)[O-])Nc4cc(C(=O)O)ccc43)n2)C1. The number of unbranched alkanes of at least 4 members (excludes halogenated alkanes) is 1. The lowest BCUT2D eigenvalue weighted by atomic mass is 9.93. The standard InChI is InChI=1S/C25H32F3N6O3P/c1-34(10-4-3-9-29)16-7-6-15(12-16)31-24-30-13-18(25(26,27)28)21(33-24)20-17-8-5-14(23(35)36)11-19(17)32-22(20)38(2)37/h5,8,11,13,15-16,20,32H,3-4,6-7,9-10,12,29H2,1-2H3,(H,35,36)(H,30,31,33)/t15-,16-,20?/m0/s1. The molecule has 1 aromatic heterocycles. The molecule has 1 aromatic carbocycles. The van der Waals surface area contributed by atoms with E-state index >= 15 is 0 Å². The van der Waals surface area contributed by atoms with Crippen LogP contribution in [0.2, 0.25) is 0 Å². The summed E-state index contributed by atoms with van der Waals surface area (Å²) in [6.07, 6.45) is 0.575. The van der Waals surface area contributed by atoms with Crippen molar-refractivity contribution >= 4 is 30.8 Å². The Labute approximate surface area is 220 Å². The van der Waals surface area contributed by atoms with E-state index in [1.165, 1.54) is 24.9 Å². The van der Waals surface area contributed by atoms with Crippen LogP contribution in [0.1, 0.15) is 65.2 Å². The number of hydrogen-bond donors (Lipinski definition) is 4. The minimum Gasteiger partial charge on any atom is -0.629 e. The van der Waals surface area contributed by atoms with Crippen LogP contribution in [0.5, 0.6) is 0 Å². The van der Waals surface area contributed by atoms with Crippen molar-refractivity contribution in [1.82, 2.24) is 14.9 Å². The first-order valence-corrected chi connectivity index (χ1v) is 14.2. The number of nitrogens with one attached hydrogen (secondary N) is 2. The van der Waals surface area contributed by atoms with Crippen LogP contribution in [-0.2, 0) is 6.18 Å². The van der Waals surface area contributed by atoms with Gasteiger partial charge in [0.15, 0.2) is 5.42 Å². The maximum Gasteiger partial charge on any atom is 0.419 e. The monoisotopic (exact) mass is 552 g/mol. The lowest BCUT2D eigenvalue weighted by Crippen LogP contribution is -2.32. The highest BCUT2D eigenvalue weighted by atomic mass is 31.1. The van der Waals surface area contributed by atoms with Gasteiger partial charge < -0.3 is 31.3 Å². The summed E-state index contributed by atoms with van der Waals surface area (Å²) in [4.78, 5) is 34.6. The zero-order valence-electron chi connectivity index (χ0n) is 21.3. The van der Waals surface area contributed by atoms with Gasteiger partial charge in [0.05, 0.1) is 31.3 Å². The van der Waals surface area contributed by atoms with Gasteiger partial charge in [0.1, 0.15) is 5.92 Å². The van der Waals surface area contributed by atoms with E-state index in [0.29, 0.717) is 23.8 Å². The summed E-state index contributed by atoms with van der Waals surface area (Å²) in [5.41, 5.74) is 5.03. The second-order valence-electron chi connectivity index (χ2n) is 9.82. The molecule has 4 rings (SSSR count). The molecule has 0 bridgehead atoms. The molecule has 0 spiro atoms. The second kappa shape index (κ2) is 11.5. The number of aromatic nitrogens is 2. The smallest absolute Gasteiger partial charge is 0.419 e. The number of halogens is 3. The lowest BCUT2D eigenvalue weighted by Gasteiger charge is -2.24. The topological polar surface area (TPSA) is 139 Å². The first-order chi connectivity index (χ1) is 18.0. The number of nitrogens with zero attached hydrogens (tertiary/aromatic N) is 3. The number of carbonyl (C=O) groups is 1. The number of carboxylic acid groups (broad SMARTS) is 1. The van der Waals surface area contributed by atoms with Gasteiger partial charge in [-0.3, -0.25) is 0 Å². The third-order valence-corrected chi connectivity index (χ3v) is 8.26. The van der Waals surface area contributed by atoms with E-state index in [1.807, 2.05) is 0 Å². The normalized spacial score (nSPS) is 22.4. The Balaban J connectivity index is 1.64. The van der Waals surface area contributed by atoms with Crippen LogP contribution in [0.4, 0.5) is 24.8 Å². The van der Waals surface area contributed by atoms with Crippen LogP contribution in [0.15, 0.2) is 24.4 Å². The summed E-state index contributed by atoms with van der Waals surface area (Å²) < 4.78 is 42.3. The molecule has 5 N–H and O–H groups in total. The highest BCUT2D eigenvalue weighted by molar-refractivity contribution is 7.51. The van der Waals surface area contributed by atoms with Crippen molar-refractivity contribution in [1.29, 1.82) is 0 Å². The van der Waals surface area contributed by atoms with Crippen LogP contribution < -0.4 is 21.3 Å². The van der Waals surface area contributed by atoms with Crippen molar-refractivity contribution in [3.63, 3.8) is 0 Å². The molecular weight excluding hydrogens is 520 g/mol. The molecule has 13 heteroatoms. The van der Waals surface area contributed by atoms with E-state index in [1.54, 1.807) is 0 Å². The van der Waals surface area contributed by atoms with Crippen molar-refractivity contribution in [3.8, 4) is 0 Å². The number of aromatic carboxylic acids is 1. The largest absolute Gasteiger partial charge is 0.629 e. The van der Waals surface area contributed by atoms with E-state index in [0.717, 1.165) is 44.8 Å². The van der Waals surface area contributed by atoms with Gasteiger partial charge in [-0.05, 0) is 69.9 Å². The molecule has 0 saturated heterocycles. The van der Waals surface area contributed by atoms with Gasteiger partial charge in [-0.15, -0.1) is 0 Å². The molecule has 2 unspecified atom stereocenters. The van der Waals surface area contributed by atoms with E-state index < -0.39 is 31.4 Å². The maximum absolute atomic E-state index is 14.1. The minimum atomic E-state index is -4.74. The first kappa shape index (κ1) is 28.2.